The van der Waals surface area contributed by atoms with Crippen LogP contribution in [0.2, 0.25) is 0 Å². The van der Waals surface area contributed by atoms with Crippen molar-refractivity contribution in [2.45, 2.75) is 33.1 Å². The quantitative estimate of drug-likeness (QED) is 0.808. The molecule has 20 heavy (non-hydrogen) atoms. The predicted octanol–water partition coefficient (Wildman–Crippen LogP) is 1.97. The predicted molar refractivity (Wildman–Crippen MR) is 79.9 cm³/mol. The molecule has 0 aromatic rings. The van der Waals surface area contributed by atoms with Gasteiger partial charge in [0.25, 0.3) is 0 Å². The van der Waals surface area contributed by atoms with E-state index in [0.717, 1.165) is 38.1 Å². The summed E-state index contributed by atoms with van der Waals surface area (Å²) in [5.41, 5.74) is 5.34. The van der Waals surface area contributed by atoms with E-state index in [2.05, 4.69) is 19.2 Å². The van der Waals surface area contributed by atoms with Crippen LogP contribution in [0.4, 0.5) is 0 Å². The largest absolute Gasteiger partial charge is 0.497 e. The lowest BCUT2D eigenvalue weighted by atomic mass is 9.62. The third-order valence-electron chi connectivity index (χ3n) is 4.68. The van der Waals surface area contributed by atoms with E-state index in [4.69, 9.17) is 10.5 Å². The third-order valence-corrected chi connectivity index (χ3v) is 4.68. The number of primary amides is 1. The number of rotatable bonds is 5. The van der Waals surface area contributed by atoms with Gasteiger partial charge in [0.1, 0.15) is 5.76 Å². The van der Waals surface area contributed by atoms with Crippen LogP contribution >= 0.6 is 0 Å². The lowest BCUT2D eigenvalue weighted by molar-refractivity contribution is -0.125. The Bertz CT molecular complexity index is 411. The molecule has 0 spiro atoms. The fourth-order valence-electron chi connectivity index (χ4n) is 3.47. The van der Waals surface area contributed by atoms with Gasteiger partial charge < -0.3 is 15.8 Å². The van der Waals surface area contributed by atoms with Gasteiger partial charge in [0.05, 0.1) is 12.5 Å². The van der Waals surface area contributed by atoms with Crippen LogP contribution in [0.3, 0.4) is 0 Å². The number of ether oxygens (including phenoxy) is 1. The number of carbonyl (C=O) groups is 1. The van der Waals surface area contributed by atoms with Crippen molar-refractivity contribution in [3.05, 3.63) is 24.0 Å². The van der Waals surface area contributed by atoms with Gasteiger partial charge in [-0.15, -0.1) is 0 Å². The van der Waals surface area contributed by atoms with E-state index in [9.17, 15) is 4.79 Å². The van der Waals surface area contributed by atoms with Crippen molar-refractivity contribution in [2.24, 2.45) is 23.0 Å². The Kier molecular flexibility index (Phi) is 4.86. The van der Waals surface area contributed by atoms with E-state index in [-0.39, 0.29) is 17.2 Å². The average molecular weight is 278 g/mol. The summed E-state index contributed by atoms with van der Waals surface area (Å²) in [4.78, 5) is 11.9. The highest BCUT2D eigenvalue weighted by atomic mass is 16.5. The van der Waals surface area contributed by atoms with Gasteiger partial charge >= 0.3 is 0 Å². The Morgan fingerprint density at radius 2 is 2.20 bits per heavy atom. The molecule has 2 atom stereocenters. The fraction of sp³-hybridized carbons (Fsp3) is 0.688. The minimum atomic E-state index is -0.308. The minimum Gasteiger partial charge on any atom is -0.497 e. The number of hydrogen-bond acceptors (Lipinski definition) is 3. The van der Waals surface area contributed by atoms with Crippen LogP contribution in [-0.2, 0) is 9.53 Å². The number of amides is 1. The zero-order valence-electron chi connectivity index (χ0n) is 12.5. The molecule has 2 aliphatic rings. The zero-order chi connectivity index (χ0) is 14.6. The Morgan fingerprint density at radius 1 is 1.50 bits per heavy atom. The summed E-state index contributed by atoms with van der Waals surface area (Å²) < 4.78 is 5.96. The van der Waals surface area contributed by atoms with Crippen LogP contribution in [0.25, 0.3) is 0 Å². The Morgan fingerprint density at radius 3 is 2.80 bits per heavy atom. The summed E-state index contributed by atoms with van der Waals surface area (Å²) in [6, 6.07) is 0. The number of carbonyl (C=O) groups excluding carboxylic acids is 1. The van der Waals surface area contributed by atoms with Crippen LogP contribution in [0.15, 0.2) is 24.0 Å². The Balaban J connectivity index is 2.30. The first-order valence-corrected chi connectivity index (χ1v) is 7.62. The summed E-state index contributed by atoms with van der Waals surface area (Å²) in [5.74, 6) is 0.822. The SMILES string of the molecule is CCCOC1=CC=CC(C(N)=O)C1(C)C1CCNCC1. The second-order valence-electron chi connectivity index (χ2n) is 5.95. The molecule has 2 rings (SSSR count). The van der Waals surface area contributed by atoms with Crippen molar-refractivity contribution in [2.75, 3.05) is 19.7 Å². The summed E-state index contributed by atoms with van der Waals surface area (Å²) in [6.07, 6.45) is 8.93. The molecule has 0 aromatic heterocycles. The van der Waals surface area contributed by atoms with Gasteiger partial charge in [-0.25, -0.2) is 0 Å². The Labute approximate surface area is 121 Å². The second-order valence-corrected chi connectivity index (χ2v) is 5.95. The maximum Gasteiger partial charge on any atom is 0.225 e. The topological polar surface area (TPSA) is 64.3 Å². The third kappa shape index (κ3) is 2.75. The van der Waals surface area contributed by atoms with Crippen molar-refractivity contribution in [1.82, 2.24) is 5.32 Å². The molecule has 1 fully saturated rings. The lowest BCUT2D eigenvalue weighted by Gasteiger charge is -2.45. The van der Waals surface area contributed by atoms with Crippen molar-refractivity contribution in [3.63, 3.8) is 0 Å². The molecule has 4 heteroatoms. The van der Waals surface area contributed by atoms with E-state index in [1.807, 2.05) is 18.2 Å². The Hall–Kier alpha value is -1.29. The van der Waals surface area contributed by atoms with E-state index in [1.165, 1.54) is 0 Å². The smallest absolute Gasteiger partial charge is 0.225 e. The van der Waals surface area contributed by atoms with Gasteiger partial charge in [0, 0.05) is 5.41 Å². The van der Waals surface area contributed by atoms with Gasteiger partial charge in [0.2, 0.25) is 5.91 Å². The highest BCUT2D eigenvalue weighted by Gasteiger charge is 2.48. The van der Waals surface area contributed by atoms with Crippen molar-refractivity contribution in [1.29, 1.82) is 0 Å². The number of allylic oxidation sites excluding steroid dienone is 3. The lowest BCUT2D eigenvalue weighted by Crippen LogP contribution is -2.47. The summed E-state index contributed by atoms with van der Waals surface area (Å²) in [6.45, 7) is 6.91. The van der Waals surface area contributed by atoms with E-state index in [0.29, 0.717) is 12.5 Å². The molecule has 1 saturated heterocycles. The van der Waals surface area contributed by atoms with Crippen molar-refractivity contribution < 1.29 is 9.53 Å². The molecule has 0 radical (unpaired) electrons. The number of hydrogen-bond donors (Lipinski definition) is 2. The van der Waals surface area contributed by atoms with Gasteiger partial charge in [0.15, 0.2) is 0 Å². The standard InChI is InChI=1S/C16H26N2O2/c1-3-11-20-14-6-4-5-13(15(17)19)16(14,2)12-7-9-18-10-8-12/h4-6,12-13,18H,3,7-11H2,1-2H3,(H2,17,19). The molecule has 0 aromatic carbocycles. The first kappa shape index (κ1) is 15.1. The van der Waals surface area contributed by atoms with Crippen LogP contribution < -0.4 is 11.1 Å². The van der Waals surface area contributed by atoms with Crippen molar-refractivity contribution >= 4 is 5.91 Å². The number of piperidine rings is 1. The molecule has 4 nitrogen and oxygen atoms in total. The first-order chi connectivity index (χ1) is 9.60. The molecule has 0 bridgehead atoms. The molecule has 1 amide bonds. The fourth-order valence-corrected chi connectivity index (χ4v) is 3.47. The van der Waals surface area contributed by atoms with E-state index >= 15 is 0 Å². The number of nitrogens with two attached hydrogens (primary N) is 1. The molecular weight excluding hydrogens is 252 g/mol. The molecule has 1 aliphatic carbocycles. The van der Waals surface area contributed by atoms with E-state index in [1.54, 1.807) is 0 Å². The number of nitrogens with one attached hydrogen (secondary N) is 1. The van der Waals surface area contributed by atoms with Gasteiger partial charge in [-0.05, 0) is 44.3 Å². The molecule has 1 aliphatic heterocycles. The maximum atomic E-state index is 11.9. The van der Waals surface area contributed by atoms with Crippen LogP contribution in [-0.4, -0.2) is 25.6 Å². The summed E-state index contributed by atoms with van der Waals surface area (Å²) in [7, 11) is 0. The molecule has 3 N–H and O–H groups in total. The average Bonchev–Trinajstić information content (AvgIpc) is 2.46. The second kappa shape index (κ2) is 6.44. The zero-order valence-corrected chi connectivity index (χ0v) is 12.5. The first-order valence-electron chi connectivity index (χ1n) is 7.62. The van der Waals surface area contributed by atoms with Gasteiger partial charge in [-0.1, -0.05) is 26.0 Å². The molecule has 112 valence electrons. The highest BCUT2D eigenvalue weighted by Crippen LogP contribution is 2.49. The summed E-state index contributed by atoms with van der Waals surface area (Å²) >= 11 is 0. The van der Waals surface area contributed by atoms with Gasteiger partial charge in [-0.2, -0.15) is 0 Å². The molecule has 2 unspecified atom stereocenters. The normalized spacial score (nSPS) is 30.9. The molecule has 0 saturated carbocycles. The molecule has 1 heterocycles. The van der Waals surface area contributed by atoms with Crippen LogP contribution in [0.5, 0.6) is 0 Å². The van der Waals surface area contributed by atoms with E-state index < -0.39 is 0 Å². The van der Waals surface area contributed by atoms with Crippen LogP contribution in [0.1, 0.15) is 33.1 Å². The maximum absolute atomic E-state index is 11.9. The monoisotopic (exact) mass is 278 g/mol. The minimum absolute atomic E-state index is 0.256. The van der Waals surface area contributed by atoms with Gasteiger partial charge in [-0.3, -0.25) is 4.79 Å². The van der Waals surface area contributed by atoms with Crippen molar-refractivity contribution in [3.8, 4) is 0 Å². The highest BCUT2D eigenvalue weighted by molar-refractivity contribution is 5.80. The van der Waals surface area contributed by atoms with Crippen LogP contribution in [0, 0.1) is 17.3 Å². The molecular formula is C16H26N2O2. The summed E-state index contributed by atoms with van der Waals surface area (Å²) in [5, 5.41) is 3.38.